The van der Waals surface area contributed by atoms with Crippen LogP contribution in [0.3, 0.4) is 0 Å². The van der Waals surface area contributed by atoms with Gasteiger partial charge in [0.15, 0.2) is 11.6 Å². The highest BCUT2D eigenvalue weighted by molar-refractivity contribution is 5.91. The van der Waals surface area contributed by atoms with Crippen molar-refractivity contribution in [3.8, 4) is 16.9 Å². The normalized spacial score (nSPS) is 19.4. The zero-order chi connectivity index (χ0) is 20.4. The first-order valence-electron chi connectivity index (χ1n) is 10.7. The largest absolute Gasteiger partial charge is 0.494 e. The van der Waals surface area contributed by atoms with E-state index in [1.165, 1.54) is 57.3 Å². The zero-order valence-electron chi connectivity index (χ0n) is 17.2. The molecule has 0 N–H and O–H groups in total. The summed E-state index contributed by atoms with van der Waals surface area (Å²) in [7, 11) is 1.42. The van der Waals surface area contributed by atoms with Crippen molar-refractivity contribution in [2.24, 2.45) is 5.92 Å². The van der Waals surface area contributed by atoms with E-state index < -0.39 is 5.82 Å². The molecule has 152 valence electrons. The number of methoxy groups -OCH3 is 1. The van der Waals surface area contributed by atoms with Crippen molar-refractivity contribution >= 4 is 10.8 Å². The van der Waals surface area contributed by atoms with E-state index in [1.54, 1.807) is 18.2 Å². The molecule has 0 bridgehead atoms. The third-order valence-corrected chi connectivity index (χ3v) is 6.48. The fourth-order valence-electron chi connectivity index (χ4n) is 4.93. The molecule has 1 saturated carbocycles. The minimum Gasteiger partial charge on any atom is -0.494 e. The van der Waals surface area contributed by atoms with Crippen molar-refractivity contribution in [3.05, 3.63) is 65.7 Å². The van der Waals surface area contributed by atoms with Crippen LogP contribution in [-0.2, 0) is 0 Å². The fourth-order valence-corrected chi connectivity index (χ4v) is 4.93. The highest BCUT2D eigenvalue weighted by Crippen LogP contribution is 2.41. The van der Waals surface area contributed by atoms with Crippen LogP contribution in [0.4, 0.5) is 8.78 Å². The Balaban J connectivity index is 1.69. The topological polar surface area (TPSA) is 9.23 Å². The minimum atomic E-state index is -0.484. The van der Waals surface area contributed by atoms with Gasteiger partial charge in [-0.2, -0.15) is 0 Å². The molecule has 1 nitrogen and oxygen atoms in total. The van der Waals surface area contributed by atoms with E-state index in [0.29, 0.717) is 22.4 Å². The molecule has 0 saturated heterocycles. The quantitative estimate of drug-likeness (QED) is 0.428. The lowest BCUT2D eigenvalue weighted by molar-refractivity contribution is 0.309. The lowest BCUT2D eigenvalue weighted by atomic mass is 9.76. The fraction of sp³-hybridized carbons (Fsp3) is 0.385. The molecule has 3 heteroatoms. The summed E-state index contributed by atoms with van der Waals surface area (Å²) >= 11 is 0. The number of halogens is 2. The summed E-state index contributed by atoms with van der Waals surface area (Å²) < 4.78 is 34.5. The first kappa shape index (κ1) is 19.9. The van der Waals surface area contributed by atoms with Gasteiger partial charge in [-0.1, -0.05) is 56.2 Å². The van der Waals surface area contributed by atoms with E-state index in [9.17, 15) is 4.39 Å². The molecular weight excluding hydrogens is 366 g/mol. The summed E-state index contributed by atoms with van der Waals surface area (Å²) in [6, 6.07) is 14.3. The van der Waals surface area contributed by atoms with Crippen LogP contribution < -0.4 is 4.74 Å². The van der Waals surface area contributed by atoms with Gasteiger partial charge in [-0.15, -0.1) is 0 Å². The van der Waals surface area contributed by atoms with Crippen LogP contribution in [0.25, 0.3) is 21.9 Å². The molecule has 0 aliphatic heterocycles. The summed E-state index contributed by atoms with van der Waals surface area (Å²) in [5, 5.41) is 1.61. The third kappa shape index (κ3) is 3.88. The lowest BCUT2D eigenvalue weighted by Gasteiger charge is -2.29. The number of benzene rings is 3. The molecule has 1 aliphatic rings. The van der Waals surface area contributed by atoms with E-state index in [0.717, 1.165) is 11.3 Å². The first-order chi connectivity index (χ1) is 14.1. The van der Waals surface area contributed by atoms with Crippen LogP contribution in [0, 0.1) is 17.6 Å². The highest BCUT2D eigenvalue weighted by Gasteiger charge is 2.24. The standard InChI is InChI=1S/C26H28F2O/c1-3-5-17-8-10-18(11-9-17)20-6-4-7-23-22(20)14-13-21(26(23)28)19-12-15-25(29-2)24(27)16-19/h4,6-7,12-18H,3,5,8-11H2,1-2H3. The van der Waals surface area contributed by atoms with Crippen molar-refractivity contribution in [3.63, 3.8) is 0 Å². The highest BCUT2D eigenvalue weighted by atomic mass is 19.1. The van der Waals surface area contributed by atoms with Gasteiger partial charge in [0.2, 0.25) is 0 Å². The molecule has 29 heavy (non-hydrogen) atoms. The summed E-state index contributed by atoms with van der Waals surface area (Å²) in [4.78, 5) is 0. The molecule has 3 aromatic rings. The van der Waals surface area contributed by atoms with Crippen molar-refractivity contribution in [2.75, 3.05) is 7.11 Å². The molecule has 4 rings (SSSR count). The zero-order valence-corrected chi connectivity index (χ0v) is 17.2. The molecule has 0 heterocycles. The molecule has 0 radical (unpaired) electrons. The lowest BCUT2D eigenvalue weighted by Crippen LogP contribution is -2.13. The Morgan fingerprint density at radius 2 is 1.72 bits per heavy atom. The second kappa shape index (κ2) is 8.52. The van der Waals surface area contributed by atoms with Crippen LogP contribution in [0.15, 0.2) is 48.5 Å². The third-order valence-electron chi connectivity index (χ3n) is 6.48. The van der Waals surface area contributed by atoms with Crippen LogP contribution in [0.1, 0.15) is 56.9 Å². The summed E-state index contributed by atoms with van der Waals surface area (Å²) in [6.45, 7) is 2.26. The number of rotatable bonds is 5. The predicted molar refractivity (Wildman–Crippen MR) is 115 cm³/mol. The Kier molecular flexibility index (Phi) is 5.84. The summed E-state index contributed by atoms with van der Waals surface area (Å²) in [6.07, 6.45) is 7.46. The van der Waals surface area contributed by atoms with Gasteiger partial charge in [-0.25, -0.2) is 8.78 Å². The van der Waals surface area contributed by atoms with Crippen LogP contribution in [0.5, 0.6) is 5.75 Å². The number of hydrogen-bond donors (Lipinski definition) is 0. The number of fused-ring (bicyclic) bond motifs is 1. The van der Waals surface area contributed by atoms with E-state index in [4.69, 9.17) is 4.74 Å². The molecule has 0 amide bonds. The Morgan fingerprint density at radius 1 is 0.931 bits per heavy atom. The molecule has 1 aliphatic carbocycles. The minimum absolute atomic E-state index is 0.163. The average Bonchev–Trinajstić information content (AvgIpc) is 2.74. The second-order valence-electron chi connectivity index (χ2n) is 8.23. The Morgan fingerprint density at radius 3 is 2.41 bits per heavy atom. The molecular formula is C26H28F2O. The maximum Gasteiger partial charge on any atom is 0.165 e. The van der Waals surface area contributed by atoms with Crippen molar-refractivity contribution < 1.29 is 13.5 Å². The van der Waals surface area contributed by atoms with Gasteiger partial charge in [0, 0.05) is 10.9 Å². The van der Waals surface area contributed by atoms with Gasteiger partial charge >= 0.3 is 0 Å². The monoisotopic (exact) mass is 394 g/mol. The van der Waals surface area contributed by atoms with Crippen molar-refractivity contribution in [1.29, 1.82) is 0 Å². The Bertz CT molecular complexity index is 1000. The van der Waals surface area contributed by atoms with Crippen molar-refractivity contribution in [2.45, 2.75) is 51.4 Å². The van der Waals surface area contributed by atoms with Gasteiger partial charge < -0.3 is 4.74 Å². The van der Waals surface area contributed by atoms with Gasteiger partial charge in [0.05, 0.1) is 7.11 Å². The number of ether oxygens (including phenoxy) is 1. The number of hydrogen-bond acceptors (Lipinski definition) is 1. The Labute approximate surface area is 171 Å². The van der Waals surface area contributed by atoms with Gasteiger partial charge in [0.1, 0.15) is 5.82 Å². The summed E-state index contributed by atoms with van der Waals surface area (Å²) in [5.74, 6) is 0.738. The predicted octanol–water partition coefficient (Wildman–Crippen LogP) is 7.87. The maximum atomic E-state index is 15.4. The van der Waals surface area contributed by atoms with E-state index in [1.807, 2.05) is 18.2 Å². The molecule has 0 aromatic heterocycles. The molecule has 0 spiro atoms. The van der Waals surface area contributed by atoms with E-state index in [2.05, 4.69) is 13.0 Å². The molecule has 1 fully saturated rings. The second-order valence-corrected chi connectivity index (χ2v) is 8.23. The Hall–Kier alpha value is -2.42. The average molecular weight is 395 g/mol. The van der Waals surface area contributed by atoms with Crippen molar-refractivity contribution in [1.82, 2.24) is 0 Å². The van der Waals surface area contributed by atoms with Crippen LogP contribution in [-0.4, -0.2) is 7.11 Å². The van der Waals surface area contributed by atoms with Gasteiger partial charge in [0.25, 0.3) is 0 Å². The first-order valence-corrected chi connectivity index (χ1v) is 10.7. The van der Waals surface area contributed by atoms with Crippen LogP contribution in [0.2, 0.25) is 0 Å². The van der Waals surface area contributed by atoms with Gasteiger partial charge in [-0.05, 0) is 66.2 Å². The molecule has 0 atom stereocenters. The maximum absolute atomic E-state index is 15.4. The van der Waals surface area contributed by atoms with Gasteiger partial charge in [-0.3, -0.25) is 0 Å². The van der Waals surface area contributed by atoms with Crippen LogP contribution >= 0.6 is 0 Å². The SMILES string of the molecule is CCCC1CCC(c2cccc3c(F)c(-c4ccc(OC)c(F)c4)ccc23)CC1. The molecule has 0 unspecified atom stereocenters. The van der Waals surface area contributed by atoms with E-state index >= 15 is 4.39 Å². The van der Waals surface area contributed by atoms with E-state index in [-0.39, 0.29) is 11.6 Å². The molecule has 3 aromatic carbocycles. The summed E-state index contributed by atoms with van der Waals surface area (Å²) in [5.41, 5.74) is 2.19. The smallest absolute Gasteiger partial charge is 0.165 e.